The van der Waals surface area contributed by atoms with E-state index in [1.807, 2.05) is 31.3 Å². The SMILES string of the molecule is CNS(=O)(=O)[C@@H]1CCCN(C(=O)Cc2c[nH]c3c(C)cccc23)C1. The van der Waals surface area contributed by atoms with E-state index in [2.05, 4.69) is 9.71 Å². The molecule has 0 unspecified atom stereocenters. The minimum atomic E-state index is -3.34. The van der Waals surface area contributed by atoms with Crippen molar-refractivity contribution in [1.29, 1.82) is 0 Å². The average Bonchev–Trinajstić information content (AvgIpc) is 2.99. The molecule has 1 aromatic heterocycles. The van der Waals surface area contributed by atoms with Gasteiger partial charge in [0.05, 0.1) is 11.7 Å². The largest absolute Gasteiger partial charge is 0.361 e. The predicted octanol–water partition coefficient (Wildman–Crippen LogP) is 1.56. The highest BCUT2D eigenvalue weighted by Crippen LogP contribution is 2.23. The molecular formula is C17H23N3O3S. The third-order valence-electron chi connectivity index (χ3n) is 4.81. The molecular weight excluding hydrogens is 326 g/mol. The highest BCUT2D eigenvalue weighted by Gasteiger charge is 2.31. The normalized spacial score (nSPS) is 18.9. The van der Waals surface area contributed by atoms with E-state index in [1.54, 1.807) is 4.90 Å². The number of hydrogen-bond acceptors (Lipinski definition) is 3. The molecule has 1 aromatic carbocycles. The number of aromatic amines is 1. The van der Waals surface area contributed by atoms with Crippen LogP contribution in [0.4, 0.5) is 0 Å². The molecule has 0 bridgehead atoms. The van der Waals surface area contributed by atoms with Crippen molar-refractivity contribution in [2.75, 3.05) is 20.1 Å². The minimum absolute atomic E-state index is 0.0200. The molecule has 2 aromatic rings. The van der Waals surface area contributed by atoms with E-state index < -0.39 is 15.3 Å². The average molecular weight is 349 g/mol. The second-order valence-corrected chi connectivity index (χ2v) is 8.51. The summed E-state index contributed by atoms with van der Waals surface area (Å²) in [7, 11) is -1.92. The quantitative estimate of drug-likeness (QED) is 0.879. The van der Waals surface area contributed by atoms with E-state index in [4.69, 9.17) is 0 Å². The standard InChI is InChI=1S/C17H23N3O3S/c1-12-5-3-7-15-13(10-19-17(12)15)9-16(21)20-8-4-6-14(11-20)24(22,23)18-2/h3,5,7,10,14,18-19H,4,6,8-9,11H2,1-2H3/t14-/m1/s1. The van der Waals surface area contributed by atoms with E-state index in [9.17, 15) is 13.2 Å². The van der Waals surface area contributed by atoms with Crippen molar-refractivity contribution in [1.82, 2.24) is 14.6 Å². The minimum Gasteiger partial charge on any atom is -0.361 e. The summed E-state index contributed by atoms with van der Waals surface area (Å²) in [5.74, 6) is -0.0200. The number of nitrogens with zero attached hydrogens (tertiary/aromatic N) is 1. The lowest BCUT2D eigenvalue weighted by atomic mass is 10.1. The van der Waals surface area contributed by atoms with E-state index in [-0.39, 0.29) is 18.9 Å². The summed E-state index contributed by atoms with van der Waals surface area (Å²) >= 11 is 0. The zero-order valence-electron chi connectivity index (χ0n) is 14.0. The van der Waals surface area contributed by atoms with Crippen LogP contribution in [0.15, 0.2) is 24.4 Å². The fourth-order valence-corrected chi connectivity index (χ4v) is 4.56. The summed E-state index contributed by atoms with van der Waals surface area (Å²) in [4.78, 5) is 17.6. The number of sulfonamides is 1. The molecule has 1 saturated heterocycles. The highest BCUT2D eigenvalue weighted by molar-refractivity contribution is 7.90. The van der Waals surface area contributed by atoms with Gasteiger partial charge in [0.25, 0.3) is 0 Å². The summed E-state index contributed by atoms with van der Waals surface area (Å²) in [6.45, 7) is 2.92. The topological polar surface area (TPSA) is 82.3 Å². The molecule has 2 heterocycles. The molecule has 0 aliphatic carbocycles. The third kappa shape index (κ3) is 3.18. The van der Waals surface area contributed by atoms with Crippen LogP contribution >= 0.6 is 0 Å². The second kappa shape index (κ2) is 6.57. The van der Waals surface area contributed by atoms with Crippen molar-refractivity contribution in [2.45, 2.75) is 31.4 Å². The fraction of sp³-hybridized carbons (Fsp3) is 0.471. The van der Waals surface area contributed by atoms with Crippen LogP contribution in [0.25, 0.3) is 10.9 Å². The lowest BCUT2D eigenvalue weighted by molar-refractivity contribution is -0.131. The Hall–Kier alpha value is -1.86. The maximum Gasteiger partial charge on any atom is 0.227 e. The maximum absolute atomic E-state index is 12.7. The Morgan fingerprint density at radius 2 is 2.21 bits per heavy atom. The molecule has 6 nitrogen and oxygen atoms in total. The molecule has 1 aliphatic heterocycles. The summed E-state index contributed by atoms with van der Waals surface area (Å²) in [6.07, 6.45) is 3.47. The number of H-pyrrole nitrogens is 1. The van der Waals surface area contributed by atoms with Crippen molar-refractivity contribution in [3.8, 4) is 0 Å². The zero-order valence-corrected chi connectivity index (χ0v) is 14.8. The molecule has 0 spiro atoms. The lowest BCUT2D eigenvalue weighted by Gasteiger charge is -2.32. The van der Waals surface area contributed by atoms with E-state index >= 15 is 0 Å². The van der Waals surface area contributed by atoms with Crippen LogP contribution in [-0.4, -0.2) is 49.6 Å². The molecule has 1 fully saturated rings. The molecule has 2 N–H and O–H groups in total. The van der Waals surface area contributed by atoms with Gasteiger partial charge in [0.2, 0.25) is 15.9 Å². The highest BCUT2D eigenvalue weighted by atomic mass is 32.2. The molecule has 130 valence electrons. The van der Waals surface area contributed by atoms with E-state index in [1.165, 1.54) is 7.05 Å². The van der Waals surface area contributed by atoms with Gasteiger partial charge in [-0.1, -0.05) is 18.2 Å². The van der Waals surface area contributed by atoms with Crippen molar-refractivity contribution in [3.05, 3.63) is 35.5 Å². The molecule has 1 atom stereocenters. The van der Waals surface area contributed by atoms with Gasteiger partial charge in [-0.05, 0) is 37.9 Å². The van der Waals surface area contributed by atoms with Gasteiger partial charge in [-0.2, -0.15) is 0 Å². The Labute approximate surface area is 142 Å². The number of carbonyl (C=O) groups is 1. The molecule has 3 rings (SSSR count). The van der Waals surface area contributed by atoms with Gasteiger partial charge in [-0.3, -0.25) is 4.79 Å². The number of nitrogens with one attached hydrogen (secondary N) is 2. The number of hydrogen-bond donors (Lipinski definition) is 2. The van der Waals surface area contributed by atoms with Gasteiger partial charge in [0, 0.05) is 30.2 Å². The molecule has 24 heavy (non-hydrogen) atoms. The van der Waals surface area contributed by atoms with Gasteiger partial charge in [0.15, 0.2) is 0 Å². The smallest absolute Gasteiger partial charge is 0.227 e. The van der Waals surface area contributed by atoms with Crippen LogP contribution < -0.4 is 4.72 Å². The number of likely N-dealkylation sites (tertiary alicyclic amines) is 1. The molecule has 0 radical (unpaired) electrons. The monoisotopic (exact) mass is 349 g/mol. The summed E-state index contributed by atoms with van der Waals surface area (Å²) in [5.41, 5.74) is 3.15. The second-order valence-electron chi connectivity index (χ2n) is 6.34. The first-order valence-corrected chi connectivity index (χ1v) is 9.72. The molecule has 0 saturated carbocycles. The number of amides is 1. The van der Waals surface area contributed by atoms with Crippen LogP contribution in [0.1, 0.15) is 24.0 Å². The van der Waals surface area contributed by atoms with Gasteiger partial charge in [0.1, 0.15) is 0 Å². The number of fused-ring (bicyclic) bond motifs is 1. The Kier molecular flexibility index (Phi) is 4.64. The summed E-state index contributed by atoms with van der Waals surface area (Å²) in [5, 5.41) is 0.533. The number of aryl methyl sites for hydroxylation is 1. The van der Waals surface area contributed by atoms with Gasteiger partial charge in [-0.15, -0.1) is 0 Å². The first-order valence-electron chi connectivity index (χ1n) is 8.18. The molecule has 1 aliphatic rings. The first kappa shape index (κ1) is 17.0. The van der Waals surface area contributed by atoms with Crippen LogP contribution in [0.5, 0.6) is 0 Å². The maximum atomic E-state index is 12.7. The van der Waals surface area contributed by atoms with Crippen molar-refractivity contribution in [2.24, 2.45) is 0 Å². The van der Waals surface area contributed by atoms with Crippen LogP contribution in [0.3, 0.4) is 0 Å². The summed E-state index contributed by atoms with van der Waals surface area (Å²) in [6, 6.07) is 6.02. The number of piperidine rings is 1. The predicted molar refractivity (Wildman–Crippen MR) is 94.3 cm³/mol. The van der Waals surface area contributed by atoms with Gasteiger partial charge >= 0.3 is 0 Å². The zero-order chi connectivity index (χ0) is 17.3. The lowest BCUT2D eigenvalue weighted by Crippen LogP contribution is -2.48. The number of carbonyl (C=O) groups excluding carboxylic acids is 1. The molecule has 1 amide bonds. The Balaban J connectivity index is 1.76. The van der Waals surface area contributed by atoms with Crippen molar-refractivity contribution < 1.29 is 13.2 Å². The Bertz CT molecular complexity index is 857. The molecule has 7 heteroatoms. The Morgan fingerprint density at radius 1 is 1.42 bits per heavy atom. The number of rotatable bonds is 4. The number of benzene rings is 1. The van der Waals surface area contributed by atoms with E-state index in [0.717, 1.165) is 22.0 Å². The number of para-hydroxylation sites is 1. The fourth-order valence-electron chi connectivity index (χ4n) is 3.37. The summed E-state index contributed by atoms with van der Waals surface area (Å²) < 4.78 is 26.4. The van der Waals surface area contributed by atoms with Gasteiger partial charge < -0.3 is 9.88 Å². The van der Waals surface area contributed by atoms with Crippen LogP contribution in [0.2, 0.25) is 0 Å². The Morgan fingerprint density at radius 3 is 2.96 bits per heavy atom. The van der Waals surface area contributed by atoms with Crippen molar-refractivity contribution in [3.63, 3.8) is 0 Å². The van der Waals surface area contributed by atoms with Crippen molar-refractivity contribution >= 4 is 26.8 Å². The third-order valence-corrected chi connectivity index (χ3v) is 6.64. The van der Waals surface area contributed by atoms with Crippen LogP contribution in [0, 0.1) is 6.92 Å². The first-order chi connectivity index (χ1) is 11.4. The van der Waals surface area contributed by atoms with E-state index in [0.29, 0.717) is 19.4 Å². The van der Waals surface area contributed by atoms with Crippen LogP contribution in [-0.2, 0) is 21.2 Å². The van der Waals surface area contributed by atoms with Gasteiger partial charge in [-0.25, -0.2) is 13.1 Å². The number of aromatic nitrogens is 1.